The fraction of sp³-hybridized carbons (Fsp3) is 0.273. The Balaban J connectivity index is 2.16. The van der Waals surface area contributed by atoms with Crippen LogP contribution in [0.4, 0.5) is 10.1 Å². The number of halogens is 1. The Morgan fingerprint density at radius 2 is 1.89 bits per heavy atom. The van der Waals surface area contributed by atoms with Crippen molar-refractivity contribution >= 4 is 22.6 Å². The van der Waals surface area contributed by atoms with Crippen LogP contribution < -0.4 is 10.3 Å². The van der Waals surface area contributed by atoms with Crippen LogP contribution in [0.3, 0.4) is 0 Å². The molecule has 0 atom stereocenters. The summed E-state index contributed by atoms with van der Waals surface area (Å²) >= 11 is 0. The van der Waals surface area contributed by atoms with E-state index < -0.39 is 17.2 Å². The third-order valence-corrected chi connectivity index (χ3v) is 4.61. The van der Waals surface area contributed by atoms with Gasteiger partial charge in [-0.2, -0.15) is 0 Å². The van der Waals surface area contributed by atoms with E-state index in [0.717, 1.165) is 11.6 Å². The predicted octanol–water partition coefficient (Wildman–Crippen LogP) is 4.13. The highest BCUT2D eigenvalue weighted by Gasteiger charge is 2.18. The lowest BCUT2D eigenvalue weighted by atomic mass is 10.1. The van der Waals surface area contributed by atoms with E-state index in [1.807, 2.05) is 44.2 Å². The van der Waals surface area contributed by atoms with Crippen LogP contribution in [0.15, 0.2) is 53.5 Å². The van der Waals surface area contributed by atoms with Crippen molar-refractivity contribution in [2.24, 2.45) is 5.92 Å². The molecule has 0 saturated heterocycles. The standard InChI is InChI=1S/C22H23FN2O3/c1-14(2)11-25-13-17(22(27)28)21(26)16-9-18(23)20(10-19(16)25)24(3)12-15-7-5-4-6-8-15/h4-10,13-14H,11-12H2,1-3H3,(H,27,28). The second kappa shape index (κ2) is 7.84. The highest BCUT2D eigenvalue weighted by molar-refractivity contribution is 5.93. The number of carbonyl (C=O) groups is 1. The van der Waals surface area contributed by atoms with Gasteiger partial charge >= 0.3 is 5.97 Å². The lowest BCUT2D eigenvalue weighted by Crippen LogP contribution is -2.22. The molecular formula is C22H23FN2O3. The largest absolute Gasteiger partial charge is 0.477 e. The quantitative estimate of drug-likeness (QED) is 0.696. The summed E-state index contributed by atoms with van der Waals surface area (Å²) in [6.45, 7) is 5.02. The normalized spacial score (nSPS) is 11.2. The van der Waals surface area contributed by atoms with E-state index in [-0.39, 0.29) is 16.9 Å². The molecule has 1 heterocycles. The maximum Gasteiger partial charge on any atom is 0.341 e. The number of carboxylic acids is 1. The second-order valence-electron chi connectivity index (χ2n) is 7.39. The lowest BCUT2D eigenvalue weighted by molar-refractivity contribution is 0.0694. The van der Waals surface area contributed by atoms with E-state index in [9.17, 15) is 19.1 Å². The van der Waals surface area contributed by atoms with Crippen molar-refractivity contribution in [2.45, 2.75) is 26.9 Å². The first-order chi connectivity index (χ1) is 13.3. The monoisotopic (exact) mass is 382 g/mol. The van der Waals surface area contributed by atoms with E-state index in [0.29, 0.717) is 24.3 Å². The molecule has 3 aromatic rings. The molecule has 0 aliphatic rings. The second-order valence-corrected chi connectivity index (χ2v) is 7.39. The molecule has 0 bridgehead atoms. The molecule has 1 aromatic heterocycles. The maximum atomic E-state index is 14.8. The lowest BCUT2D eigenvalue weighted by Gasteiger charge is -2.22. The molecule has 0 aliphatic carbocycles. The zero-order valence-corrected chi connectivity index (χ0v) is 16.1. The average Bonchev–Trinajstić information content (AvgIpc) is 2.64. The van der Waals surface area contributed by atoms with Gasteiger partial charge in [0.1, 0.15) is 11.4 Å². The zero-order valence-electron chi connectivity index (χ0n) is 16.1. The summed E-state index contributed by atoms with van der Waals surface area (Å²) in [6, 6.07) is 12.5. The maximum absolute atomic E-state index is 14.8. The highest BCUT2D eigenvalue weighted by atomic mass is 19.1. The van der Waals surface area contributed by atoms with Crippen LogP contribution in [0.2, 0.25) is 0 Å². The van der Waals surface area contributed by atoms with E-state index in [1.54, 1.807) is 22.6 Å². The number of aromatic nitrogens is 1. The van der Waals surface area contributed by atoms with Crippen molar-refractivity contribution in [3.05, 3.63) is 75.8 Å². The third kappa shape index (κ3) is 3.91. The summed E-state index contributed by atoms with van der Waals surface area (Å²) in [4.78, 5) is 25.8. The van der Waals surface area contributed by atoms with Gasteiger partial charge in [0.2, 0.25) is 5.43 Å². The Labute approximate surface area is 162 Å². The fourth-order valence-corrected chi connectivity index (χ4v) is 3.33. The molecule has 0 saturated carbocycles. The topological polar surface area (TPSA) is 62.5 Å². The Morgan fingerprint density at radius 3 is 2.50 bits per heavy atom. The minimum Gasteiger partial charge on any atom is -0.477 e. The molecule has 0 aliphatic heterocycles. The number of pyridine rings is 1. The van der Waals surface area contributed by atoms with Crippen molar-refractivity contribution < 1.29 is 14.3 Å². The molecule has 3 rings (SSSR count). The Hall–Kier alpha value is -3.15. The molecule has 2 aromatic carbocycles. The minimum atomic E-state index is -1.31. The van der Waals surface area contributed by atoms with Crippen molar-refractivity contribution in [3.8, 4) is 0 Å². The van der Waals surface area contributed by atoms with Crippen LogP contribution in [-0.2, 0) is 13.1 Å². The van der Waals surface area contributed by atoms with Crippen LogP contribution in [0.25, 0.3) is 10.9 Å². The number of benzene rings is 2. The smallest absolute Gasteiger partial charge is 0.341 e. The molecule has 5 nitrogen and oxygen atoms in total. The third-order valence-electron chi connectivity index (χ3n) is 4.61. The summed E-state index contributed by atoms with van der Waals surface area (Å²) in [6.07, 6.45) is 1.35. The number of hydrogen-bond acceptors (Lipinski definition) is 3. The molecule has 0 spiro atoms. The zero-order chi connectivity index (χ0) is 20.4. The SMILES string of the molecule is CC(C)Cn1cc(C(=O)O)c(=O)c2cc(F)c(N(C)Cc3ccccc3)cc21. The van der Waals surface area contributed by atoms with Gasteiger partial charge in [0.15, 0.2) is 0 Å². The van der Waals surface area contributed by atoms with Crippen LogP contribution in [0, 0.1) is 11.7 Å². The van der Waals surface area contributed by atoms with Crippen LogP contribution in [0.1, 0.15) is 29.8 Å². The van der Waals surface area contributed by atoms with Crippen molar-refractivity contribution in [2.75, 3.05) is 11.9 Å². The van der Waals surface area contributed by atoms with Crippen LogP contribution in [0.5, 0.6) is 0 Å². The first-order valence-corrected chi connectivity index (χ1v) is 9.13. The molecule has 146 valence electrons. The summed E-state index contributed by atoms with van der Waals surface area (Å²) in [5, 5.41) is 9.42. The van der Waals surface area contributed by atoms with Gasteiger partial charge < -0.3 is 14.6 Å². The first kappa shape index (κ1) is 19.6. The van der Waals surface area contributed by atoms with E-state index in [2.05, 4.69) is 0 Å². The van der Waals surface area contributed by atoms with Gasteiger partial charge in [-0.3, -0.25) is 4.79 Å². The number of aromatic carboxylic acids is 1. The molecule has 0 unspecified atom stereocenters. The van der Waals surface area contributed by atoms with Gasteiger partial charge in [-0.25, -0.2) is 9.18 Å². The molecule has 6 heteroatoms. The van der Waals surface area contributed by atoms with E-state index in [1.165, 1.54) is 6.20 Å². The number of nitrogens with zero attached hydrogens (tertiary/aromatic N) is 2. The van der Waals surface area contributed by atoms with Gasteiger partial charge in [0, 0.05) is 31.7 Å². The van der Waals surface area contributed by atoms with Gasteiger partial charge in [0.05, 0.1) is 11.2 Å². The molecular weight excluding hydrogens is 359 g/mol. The van der Waals surface area contributed by atoms with E-state index in [4.69, 9.17) is 0 Å². The first-order valence-electron chi connectivity index (χ1n) is 9.13. The summed E-state index contributed by atoms with van der Waals surface area (Å²) < 4.78 is 16.6. The van der Waals surface area contributed by atoms with Gasteiger partial charge in [-0.15, -0.1) is 0 Å². The average molecular weight is 382 g/mol. The molecule has 0 fully saturated rings. The fourth-order valence-electron chi connectivity index (χ4n) is 3.33. The Bertz CT molecular complexity index is 1070. The Morgan fingerprint density at radius 1 is 1.21 bits per heavy atom. The molecule has 1 N–H and O–H groups in total. The van der Waals surface area contributed by atoms with Crippen molar-refractivity contribution in [1.29, 1.82) is 0 Å². The summed E-state index contributed by atoms with van der Waals surface area (Å²) in [7, 11) is 1.79. The molecule has 28 heavy (non-hydrogen) atoms. The highest BCUT2D eigenvalue weighted by Crippen LogP contribution is 2.26. The van der Waals surface area contributed by atoms with Crippen molar-refractivity contribution in [3.63, 3.8) is 0 Å². The van der Waals surface area contributed by atoms with Gasteiger partial charge in [-0.05, 0) is 23.6 Å². The molecule has 0 amide bonds. The van der Waals surface area contributed by atoms with Gasteiger partial charge in [0.25, 0.3) is 0 Å². The number of fused-ring (bicyclic) bond motifs is 1. The number of anilines is 1. The number of hydrogen-bond donors (Lipinski definition) is 1. The number of rotatable bonds is 6. The van der Waals surface area contributed by atoms with Gasteiger partial charge in [-0.1, -0.05) is 44.2 Å². The summed E-state index contributed by atoms with van der Waals surface area (Å²) in [5.41, 5.74) is 0.901. The van der Waals surface area contributed by atoms with Crippen LogP contribution >= 0.6 is 0 Å². The van der Waals surface area contributed by atoms with Crippen molar-refractivity contribution in [1.82, 2.24) is 4.57 Å². The summed E-state index contributed by atoms with van der Waals surface area (Å²) in [5.74, 6) is -1.64. The number of carboxylic acid groups (broad SMARTS) is 1. The molecule has 0 radical (unpaired) electrons. The van der Waals surface area contributed by atoms with E-state index >= 15 is 0 Å². The van der Waals surface area contributed by atoms with Crippen LogP contribution in [-0.4, -0.2) is 22.7 Å². The minimum absolute atomic E-state index is 0.0786. The Kier molecular flexibility index (Phi) is 5.49. The predicted molar refractivity (Wildman–Crippen MR) is 109 cm³/mol.